The van der Waals surface area contributed by atoms with Crippen LogP contribution in [0.25, 0.3) is 0 Å². The van der Waals surface area contributed by atoms with Crippen molar-refractivity contribution in [3.63, 3.8) is 0 Å². The Hall–Kier alpha value is -0.550. The quantitative estimate of drug-likeness (QED) is 0.468. The SMILES string of the molecule is O=C([O-])C(O)c1ccccc1O.[Na+]. The second-order valence-corrected chi connectivity index (χ2v) is 2.28. The number of hydrogen-bond donors (Lipinski definition) is 2. The zero-order chi connectivity index (χ0) is 9.14. The second-order valence-electron chi connectivity index (χ2n) is 2.28. The molecular formula is C8H7NaO4. The second kappa shape index (κ2) is 5.24. The number of aliphatic carboxylic acids is 1. The molecule has 1 atom stereocenters. The Morgan fingerprint density at radius 2 is 1.92 bits per heavy atom. The van der Waals surface area contributed by atoms with Crippen molar-refractivity contribution in [3.8, 4) is 5.75 Å². The van der Waals surface area contributed by atoms with Crippen LogP contribution in [0.15, 0.2) is 24.3 Å². The molecule has 64 valence electrons. The van der Waals surface area contributed by atoms with E-state index in [1.54, 1.807) is 0 Å². The van der Waals surface area contributed by atoms with E-state index in [0.717, 1.165) is 0 Å². The number of phenolic OH excluding ortho intramolecular Hbond substituents is 1. The molecule has 0 amide bonds. The monoisotopic (exact) mass is 190 g/mol. The van der Waals surface area contributed by atoms with Crippen molar-refractivity contribution in [3.05, 3.63) is 29.8 Å². The number of phenols is 1. The molecule has 0 heterocycles. The van der Waals surface area contributed by atoms with Gasteiger partial charge in [-0.25, -0.2) is 0 Å². The maximum Gasteiger partial charge on any atom is 1.00 e. The van der Waals surface area contributed by atoms with Crippen LogP contribution in [-0.4, -0.2) is 16.2 Å². The fourth-order valence-electron chi connectivity index (χ4n) is 0.846. The van der Waals surface area contributed by atoms with Crippen molar-refractivity contribution < 1.29 is 49.7 Å². The summed E-state index contributed by atoms with van der Waals surface area (Å²) in [6.07, 6.45) is -1.77. The molecule has 0 radical (unpaired) electrons. The van der Waals surface area contributed by atoms with Gasteiger partial charge in [-0.15, -0.1) is 0 Å². The van der Waals surface area contributed by atoms with Gasteiger partial charge in [-0.1, -0.05) is 18.2 Å². The van der Waals surface area contributed by atoms with Crippen LogP contribution in [-0.2, 0) is 4.79 Å². The van der Waals surface area contributed by atoms with Crippen LogP contribution in [0.3, 0.4) is 0 Å². The molecule has 0 aliphatic rings. The van der Waals surface area contributed by atoms with Gasteiger partial charge in [-0.2, -0.15) is 0 Å². The van der Waals surface area contributed by atoms with Gasteiger partial charge in [0, 0.05) is 5.56 Å². The van der Waals surface area contributed by atoms with Crippen LogP contribution < -0.4 is 34.7 Å². The topological polar surface area (TPSA) is 80.6 Å². The number of carboxylic acid groups (broad SMARTS) is 1. The fraction of sp³-hybridized carbons (Fsp3) is 0.125. The van der Waals surface area contributed by atoms with Gasteiger partial charge in [-0.3, -0.25) is 0 Å². The zero-order valence-corrected chi connectivity index (χ0v) is 9.10. The van der Waals surface area contributed by atoms with E-state index in [4.69, 9.17) is 10.2 Å². The average molecular weight is 190 g/mol. The summed E-state index contributed by atoms with van der Waals surface area (Å²) in [5.74, 6) is -1.88. The Bertz CT molecular complexity index is 300. The molecule has 5 heteroatoms. The molecular weight excluding hydrogens is 183 g/mol. The van der Waals surface area contributed by atoms with Gasteiger partial charge in [0.1, 0.15) is 11.9 Å². The third kappa shape index (κ3) is 3.00. The Morgan fingerprint density at radius 3 is 2.38 bits per heavy atom. The first-order valence-corrected chi connectivity index (χ1v) is 3.29. The van der Waals surface area contributed by atoms with Gasteiger partial charge in [0.2, 0.25) is 0 Å². The smallest absolute Gasteiger partial charge is 0.547 e. The predicted molar refractivity (Wildman–Crippen MR) is 38.1 cm³/mol. The van der Waals surface area contributed by atoms with Gasteiger partial charge in [0.25, 0.3) is 0 Å². The van der Waals surface area contributed by atoms with Crippen LogP contribution in [0, 0.1) is 0 Å². The molecule has 0 saturated carbocycles. The fourth-order valence-corrected chi connectivity index (χ4v) is 0.846. The molecule has 1 rings (SSSR count). The standard InChI is InChI=1S/C8H8O4.Na/c9-6-4-2-1-3-5(6)7(10)8(11)12;/h1-4,7,9-10H,(H,11,12);/q;+1/p-1. The molecule has 1 aromatic carbocycles. The number of benzene rings is 1. The van der Waals surface area contributed by atoms with Crippen LogP contribution in [0.1, 0.15) is 11.7 Å². The summed E-state index contributed by atoms with van der Waals surface area (Å²) in [4.78, 5) is 10.2. The molecule has 0 saturated heterocycles. The number of carbonyl (C=O) groups is 1. The third-order valence-corrected chi connectivity index (χ3v) is 1.45. The summed E-state index contributed by atoms with van der Waals surface area (Å²) < 4.78 is 0. The first-order valence-electron chi connectivity index (χ1n) is 3.29. The number of aliphatic hydroxyl groups is 1. The van der Waals surface area contributed by atoms with E-state index in [0.29, 0.717) is 0 Å². The van der Waals surface area contributed by atoms with E-state index < -0.39 is 12.1 Å². The van der Waals surface area contributed by atoms with Crippen molar-refractivity contribution in [2.45, 2.75) is 6.10 Å². The molecule has 0 aliphatic heterocycles. The number of carboxylic acids is 1. The van der Waals surface area contributed by atoms with Crippen molar-refractivity contribution in [2.75, 3.05) is 0 Å². The van der Waals surface area contributed by atoms with Gasteiger partial charge in [0.15, 0.2) is 0 Å². The third-order valence-electron chi connectivity index (χ3n) is 1.45. The van der Waals surface area contributed by atoms with Crippen molar-refractivity contribution in [2.24, 2.45) is 0 Å². The van der Waals surface area contributed by atoms with Gasteiger partial charge >= 0.3 is 29.6 Å². The molecule has 2 N–H and O–H groups in total. The molecule has 0 fully saturated rings. The van der Waals surface area contributed by atoms with E-state index in [1.165, 1.54) is 24.3 Å². The minimum atomic E-state index is -1.77. The average Bonchev–Trinajstić information content (AvgIpc) is 2.04. The molecule has 4 nitrogen and oxygen atoms in total. The molecule has 1 unspecified atom stereocenters. The largest absolute Gasteiger partial charge is 1.00 e. The van der Waals surface area contributed by atoms with Crippen LogP contribution in [0.5, 0.6) is 5.75 Å². The first-order chi connectivity index (χ1) is 5.63. The number of carbonyl (C=O) groups excluding carboxylic acids is 1. The van der Waals surface area contributed by atoms with Crippen molar-refractivity contribution in [1.82, 2.24) is 0 Å². The number of rotatable bonds is 2. The Morgan fingerprint density at radius 1 is 1.38 bits per heavy atom. The van der Waals surface area contributed by atoms with Gasteiger partial charge in [0.05, 0.1) is 5.97 Å². The van der Waals surface area contributed by atoms with Crippen molar-refractivity contribution in [1.29, 1.82) is 0 Å². The van der Waals surface area contributed by atoms with Crippen LogP contribution in [0.2, 0.25) is 0 Å². The summed E-state index contributed by atoms with van der Waals surface area (Å²) in [5.41, 5.74) is -0.0579. The van der Waals surface area contributed by atoms with Crippen molar-refractivity contribution >= 4 is 5.97 Å². The predicted octanol–water partition coefficient (Wildman–Crippen LogP) is -3.82. The summed E-state index contributed by atoms with van der Waals surface area (Å²) in [5, 5.41) is 28.2. The minimum Gasteiger partial charge on any atom is -0.547 e. The minimum absolute atomic E-state index is 0. The molecule has 0 spiro atoms. The Balaban J connectivity index is 0.00000144. The molecule has 13 heavy (non-hydrogen) atoms. The molecule has 1 aromatic rings. The summed E-state index contributed by atoms with van der Waals surface area (Å²) in [6, 6.07) is 5.65. The normalized spacial score (nSPS) is 11.5. The Labute approximate surface area is 97.1 Å². The summed E-state index contributed by atoms with van der Waals surface area (Å²) in [6.45, 7) is 0. The summed E-state index contributed by atoms with van der Waals surface area (Å²) in [7, 11) is 0. The molecule has 0 aromatic heterocycles. The zero-order valence-electron chi connectivity index (χ0n) is 7.10. The van der Waals surface area contributed by atoms with Crippen LogP contribution in [0.4, 0.5) is 0 Å². The van der Waals surface area contributed by atoms with Gasteiger partial charge in [-0.05, 0) is 6.07 Å². The van der Waals surface area contributed by atoms with E-state index in [1.807, 2.05) is 0 Å². The molecule has 0 bridgehead atoms. The first kappa shape index (κ1) is 12.4. The number of para-hydroxylation sites is 1. The molecule has 0 aliphatic carbocycles. The number of hydrogen-bond acceptors (Lipinski definition) is 4. The van der Waals surface area contributed by atoms with E-state index in [-0.39, 0.29) is 40.9 Å². The maximum absolute atomic E-state index is 10.2. The summed E-state index contributed by atoms with van der Waals surface area (Å²) >= 11 is 0. The Kier molecular flexibility index (Phi) is 5.02. The van der Waals surface area contributed by atoms with Crippen LogP contribution >= 0.6 is 0 Å². The number of aliphatic hydroxyl groups excluding tert-OH is 1. The number of aromatic hydroxyl groups is 1. The van der Waals surface area contributed by atoms with E-state index >= 15 is 0 Å². The van der Waals surface area contributed by atoms with E-state index in [2.05, 4.69) is 0 Å². The van der Waals surface area contributed by atoms with Gasteiger partial charge < -0.3 is 20.1 Å². The maximum atomic E-state index is 10.2. The van der Waals surface area contributed by atoms with E-state index in [9.17, 15) is 9.90 Å².